The van der Waals surface area contributed by atoms with Crippen LogP contribution in [0, 0.1) is 0 Å². The first kappa shape index (κ1) is 14.7. The van der Waals surface area contributed by atoms with E-state index in [2.05, 4.69) is 5.32 Å². The summed E-state index contributed by atoms with van der Waals surface area (Å²) in [7, 11) is 0. The van der Waals surface area contributed by atoms with Gasteiger partial charge in [-0.1, -0.05) is 6.07 Å². The summed E-state index contributed by atoms with van der Waals surface area (Å²) in [6.45, 7) is 7.07. The van der Waals surface area contributed by atoms with Crippen LogP contribution in [0.4, 0.5) is 4.79 Å². The van der Waals surface area contributed by atoms with E-state index in [1.807, 2.05) is 44.4 Å². The van der Waals surface area contributed by atoms with E-state index in [-0.39, 0.29) is 11.6 Å². The smallest absolute Gasteiger partial charge is 0.318 e. The fourth-order valence-corrected chi connectivity index (χ4v) is 2.51. The number of carbonyl (C=O) groups is 1. The maximum atomic E-state index is 12.4. The lowest BCUT2D eigenvalue weighted by Gasteiger charge is -2.28. The summed E-state index contributed by atoms with van der Waals surface area (Å²) in [5.41, 5.74) is 0.742. The molecule has 0 aliphatic heterocycles. The number of carbonyl (C=O) groups excluding carboxylic acids is 1. The van der Waals surface area contributed by atoms with E-state index < -0.39 is 0 Å². The van der Waals surface area contributed by atoms with Gasteiger partial charge in [-0.05, 0) is 38.3 Å². The molecular weight excluding hydrogens is 272 g/mol. The van der Waals surface area contributed by atoms with Crippen molar-refractivity contribution in [1.29, 1.82) is 0 Å². The quantitative estimate of drug-likeness (QED) is 0.930. The van der Waals surface area contributed by atoms with E-state index in [9.17, 15) is 4.79 Å². The van der Waals surface area contributed by atoms with E-state index in [1.165, 1.54) is 0 Å². The van der Waals surface area contributed by atoms with Gasteiger partial charge in [-0.25, -0.2) is 4.79 Å². The molecule has 0 atom stereocenters. The number of thiophene rings is 1. The van der Waals surface area contributed by atoms with Gasteiger partial charge in [0, 0.05) is 16.0 Å². The maximum absolute atomic E-state index is 12.4. The number of urea groups is 1. The van der Waals surface area contributed by atoms with Crippen LogP contribution < -0.4 is 5.32 Å². The molecule has 108 valence electrons. The fraction of sp³-hybridized carbons (Fsp3) is 0.400. The van der Waals surface area contributed by atoms with Gasteiger partial charge in [-0.15, -0.1) is 11.3 Å². The van der Waals surface area contributed by atoms with Crippen molar-refractivity contribution in [3.8, 4) is 0 Å². The SMILES string of the molecule is CC(C)(C)NC(=O)N(Cc1ccoc1)Cc1cccs1. The summed E-state index contributed by atoms with van der Waals surface area (Å²) in [5, 5.41) is 5.03. The Morgan fingerprint density at radius 2 is 2.15 bits per heavy atom. The Labute approximate surface area is 123 Å². The zero-order chi connectivity index (χ0) is 14.6. The Morgan fingerprint density at radius 1 is 1.35 bits per heavy atom. The second-order valence-electron chi connectivity index (χ2n) is 5.75. The molecule has 0 aliphatic rings. The van der Waals surface area contributed by atoms with Crippen molar-refractivity contribution in [3.63, 3.8) is 0 Å². The minimum atomic E-state index is -0.249. The normalized spacial score (nSPS) is 11.3. The first-order chi connectivity index (χ1) is 9.44. The number of nitrogens with one attached hydrogen (secondary N) is 1. The lowest BCUT2D eigenvalue weighted by atomic mass is 10.1. The molecule has 20 heavy (non-hydrogen) atoms. The number of nitrogens with zero attached hydrogens (tertiary/aromatic N) is 1. The topological polar surface area (TPSA) is 45.5 Å². The highest BCUT2D eigenvalue weighted by molar-refractivity contribution is 7.09. The number of amides is 2. The molecule has 2 heterocycles. The van der Waals surface area contributed by atoms with Gasteiger partial charge in [-0.2, -0.15) is 0 Å². The maximum Gasteiger partial charge on any atom is 0.318 e. The molecule has 0 radical (unpaired) electrons. The van der Waals surface area contributed by atoms with Crippen molar-refractivity contribution in [2.45, 2.75) is 39.4 Å². The molecule has 0 bridgehead atoms. The molecule has 0 unspecified atom stereocenters. The minimum absolute atomic E-state index is 0.0629. The largest absolute Gasteiger partial charge is 0.472 e. The summed E-state index contributed by atoms with van der Waals surface area (Å²) in [5.74, 6) is 0. The Hall–Kier alpha value is -1.75. The molecule has 2 aromatic rings. The highest BCUT2D eigenvalue weighted by Gasteiger charge is 2.20. The number of furan rings is 1. The van der Waals surface area contributed by atoms with Gasteiger partial charge in [-0.3, -0.25) is 0 Å². The van der Waals surface area contributed by atoms with Crippen LogP contribution in [0.2, 0.25) is 0 Å². The first-order valence-electron chi connectivity index (χ1n) is 6.54. The van der Waals surface area contributed by atoms with Crippen molar-refractivity contribution in [3.05, 3.63) is 46.5 Å². The molecule has 4 nitrogen and oxygen atoms in total. The zero-order valence-electron chi connectivity index (χ0n) is 12.1. The molecule has 2 amide bonds. The minimum Gasteiger partial charge on any atom is -0.472 e. The Bertz CT molecular complexity index is 490. The van der Waals surface area contributed by atoms with Gasteiger partial charge in [0.25, 0.3) is 0 Å². The predicted octanol–water partition coefficient (Wildman–Crippen LogP) is 3.85. The third kappa shape index (κ3) is 4.42. The third-order valence-corrected chi connectivity index (χ3v) is 3.51. The van der Waals surface area contributed by atoms with Crippen LogP contribution in [0.25, 0.3) is 0 Å². The van der Waals surface area contributed by atoms with Crippen molar-refractivity contribution < 1.29 is 9.21 Å². The molecule has 0 aliphatic carbocycles. The molecule has 0 saturated carbocycles. The summed E-state index contributed by atoms with van der Waals surface area (Å²) >= 11 is 1.65. The lowest BCUT2D eigenvalue weighted by molar-refractivity contribution is 0.183. The molecule has 2 rings (SSSR count). The Kier molecular flexibility index (Phi) is 4.49. The van der Waals surface area contributed by atoms with E-state index in [4.69, 9.17) is 4.42 Å². The number of rotatable bonds is 4. The molecule has 0 saturated heterocycles. The standard InChI is InChI=1S/C15H20N2O2S/c1-15(2,3)16-14(18)17(9-12-6-7-19-11-12)10-13-5-4-8-20-13/h4-8,11H,9-10H2,1-3H3,(H,16,18). The summed E-state index contributed by atoms with van der Waals surface area (Å²) in [6.07, 6.45) is 3.30. The molecule has 1 N–H and O–H groups in total. The monoisotopic (exact) mass is 292 g/mol. The molecule has 5 heteroatoms. The fourth-order valence-electron chi connectivity index (χ4n) is 1.79. The van der Waals surface area contributed by atoms with Crippen molar-refractivity contribution in [2.24, 2.45) is 0 Å². The zero-order valence-corrected chi connectivity index (χ0v) is 12.9. The predicted molar refractivity (Wildman–Crippen MR) is 80.6 cm³/mol. The van der Waals surface area contributed by atoms with Crippen molar-refractivity contribution in [2.75, 3.05) is 0 Å². The van der Waals surface area contributed by atoms with Gasteiger partial charge >= 0.3 is 6.03 Å². The average Bonchev–Trinajstić information content (AvgIpc) is 2.98. The summed E-state index contributed by atoms with van der Waals surface area (Å²) in [6, 6.07) is 5.85. The van der Waals surface area contributed by atoms with Crippen molar-refractivity contribution in [1.82, 2.24) is 10.2 Å². The van der Waals surface area contributed by atoms with Crippen LogP contribution in [0.3, 0.4) is 0 Å². The Balaban J connectivity index is 2.08. The average molecular weight is 292 g/mol. The number of hydrogen-bond donors (Lipinski definition) is 1. The summed E-state index contributed by atoms with van der Waals surface area (Å²) in [4.78, 5) is 15.4. The third-order valence-electron chi connectivity index (χ3n) is 2.65. The van der Waals surface area contributed by atoms with Crippen LogP contribution in [0.15, 0.2) is 40.5 Å². The van der Waals surface area contributed by atoms with Gasteiger partial charge in [0.05, 0.1) is 25.6 Å². The van der Waals surface area contributed by atoms with E-state index in [0.29, 0.717) is 13.1 Å². The van der Waals surface area contributed by atoms with E-state index in [1.54, 1.807) is 28.8 Å². The first-order valence-corrected chi connectivity index (χ1v) is 7.42. The molecule has 2 aromatic heterocycles. The van der Waals surface area contributed by atoms with Crippen LogP contribution in [-0.2, 0) is 13.1 Å². The second kappa shape index (κ2) is 6.13. The molecule has 0 fully saturated rings. The second-order valence-corrected chi connectivity index (χ2v) is 6.78. The highest BCUT2D eigenvalue weighted by Crippen LogP contribution is 2.15. The molecule has 0 spiro atoms. The van der Waals surface area contributed by atoms with Crippen LogP contribution in [0.5, 0.6) is 0 Å². The highest BCUT2D eigenvalue weighted by atomic mass is 32.1. The Morgan fingerprint density at radius 3 is 2.70 bits per heavy atom. The number of hydrogen-bond acceptors (Lipinski definition) is 3. The van der Waals surface area contributed by atoms with Crippen LogP contribution in [-0.4, -0.2) is 16.5 Å². The van der Waals surface area contributed by atoms with Gasteiger partial charge < -0.3 is 14.6 Å². The summed E-state index contributed by atoms with van der Waals surface area (Å²) < 4.78 is 5.08. The van der Waals surface area contributed by atoms with Crippen LogP contribution in [0.1, 0.15) is 31.2 Å². The molecular formula is C15H20N2O2S. The van der Waals surface area contributed by atoms with Gasteiger partial charge in [0.1, 0.15) is 0 Å². The van der Waals surface area contributed by atoms with Crippen LogP contribution >= 0.6 is 11.3 Å². The van der Waals surface area contributed by atoms with E-state index in [0.717, 1.165) is 10.4 Å². The lowest BCUT2D eigenvalue weighted by Crippen LogP contribution is -2.47. The van der Waals surface area contributed by atoms with Crippen molar-refractivity contribution >= 4 is 17.4 Å². The molecule has 0 aromatic carbocycles. The van der Waals surface area contributed by atoms with Gasteiger partial charge in [0.2, 0.25) is 0 Å². The van der Waals surface area contributed by atoms with E-state index >= 15 is 0 Å². The van der Waals surface area contributed by atoms with Gasteiger partial charge in [0.15, 0.2) is 0 Å².